The summed E-state index contributed by atoms with van der Waals surface area (Å²) in [5.74, 6) is 0.555. The van der Waals surface area contributed by atoms with E-state index in [2.05, 4.69) is 36.1 Å². The lowest BCUT2D eigenvalue weighted by Crippen LogP contribution is -2.41. The fourth-order valence-electron chi connectivity index (χ4n) is 7.19. The smallest absolute Gasteiger partial charge is 0.355 e. The molecule has 2 saturated heterocycles. The number of likely N-dealkylation sites (tertiary alicyclic amines) is 1. The number of piperidine rings is 1. The van der Waals surface area contributed by atoms with Crippen molar-refractivity contribution >= 4 is 39.6 Å². The van der Waals surface area contributed by atoms with Crippen molar-refractivity contribution in [3.63, 3.8) is 0 Å². The van der Waals surface area contributed by atoms with Crippen LogP contribution in [0.25, 0.3) is 33.3 Å². The van der Waals surface area contributed by atoms with Crippen LogP contribution in [-0.4, -0.2) is 90.5 Å². The van der Waals surface area contributed by atoms with Crippen molar-refractivity contribution in [3.05, 3.63) is 78.5 Å². The van der Waals surface area contributed by atoms with Gasteiger partial charge in [0, 0.05) is 77.9 Å². The zero-order valence-corrected chi connectivity index (χ0v) is 30.4. The van der Waals surface area contributed by atoms with Gasteiger partial charge < -0.3 is 28.4 Å². The van der Waals surface area contributed by atoms with E-state index in [1.807, 2.05) is 50.4 Å². The van der Waals surface area contributed by atoms with Gasteiger partial charge in [0.05, 0.1) is 12.8 Å². The molecule has 0 amide bonds. The van der Waals surface area contributed by atoms with Gasteiger partial charge in [0.2, 0.25) is 0 Å². The molecule has 1 N–H and O–H groups in total. The Labute approximate surface area is 305 Å². The zero-order chi connectivity index (χ0) is 36.2. The average Bonchev–Trinajstić information content (AvgIpc) is 3.92. The number of benzene rings is 2. The van der Waals surface area contributed by atoms with Crippen LogP contribution in [0.5, 0.6) is 0 Å². The normalized spacial score (nSPS) is 16.2. The third-order valence-electron chi connectivity index (χ3n) is 9.92. The molecule has 0 saturated carbocycles. The summed E-state index contributed by atoms with van der Waals surface area (Å²) in [6.45, 7) is 9.45. The van der Waals surface area contributed by atoms with Gasteiger partial charge in [0.1, 0.15) is 23.0 Å². The van der Waals surface area contributed by atoms with E-state index in [4.69, 9.17) is 4.74 Å². The predicted molar refractivity (Wildman–Crippen MR) is 199 cm³/mol. The number of carbonyl (C=O) groups is 1. The van der Waals surface area contributed by atoms with E-state index in [-0.39, 0.29) is 18.2 Å². The number of rotatable bonds is 13. The van der Waals surface area contributed by atoms with Gasteiger partial charge in [-0.05, 0) is 98.6 Å². The van der Waals surface area contributed by atoms with E-state index in [1.165, 1.54) is 16.4 Å². The van der Waals surface area contributed by atoms with E-state index >= 15 is 0 Å². The van der Waals surface area contributed by atoms with Gasteiger partial charge in [-0.25, -0.2) is 14.2 Å². The van der Waals surface area contributed by atoms with E-state index in [0.717, 1.165) is 68.8 Å². The molecule has 2 aromatic carbocycles. The number of aromatic nitrogens is 5. The largest absolute Gasteiger partial charge is 0.755 e. The van der Waals surface area contributed by atoms with Crippen LogP contribution in [0.1, 0.15) is 50.0 Å². The quantitative estimate of drug-likeness (QED) is 0.114. The Hall–Kier alpha value is -4.66. The number of carbonyl (C=O) groups excluding carboxylic acids is 1. The third kappa shape index (κ3) is 8.03. The molecular formula is C38H44FN8O4S-. The van der Waals surface area contributed by atoms with Crippen LogP contribution < -0.4 is 9.21 Å². The van der Waals surface area contributed by atoms with Crippen molar-refractivity contribution < 1.29 is 22.7 Å². The molecule has 0 spiro atoms. The van der Waals surface area contributed by atoms with Crippen LogP contribution in [0.15, 0.2) is 67.0 Å². The molecule has 12 nitrogen and oxygen atoms in total. The fourth-order valence-corrected chi connectivity index (χ4v) is 7.71. The molecule has 7 rings (SSSR count). The maximum atomic E-state index is 14.3. The van der Waals surface area contributed by atoms with Crippen molar-refractivity contribution in [2.24, 2.45) is 11.8 Å². The molecule has 2 fully saturated rings. The van der Waals surface area contributed by atoms with E-state index in [9.17, 15) is 17.9 Å². The second-order valence-electron chi connectivity index (χ2n) is 14.1. The number of halogens is 1. The molecule has 3 aromatic heterocycles. The first-order chi connectivity index (χ1) is 25.2. The first-order valence-electron chi connectivity index (χ1n) is 18.0. The summed E-state index contributed by atoms with van der Waals surface area (Å²) < 4.78 is 47.7. The highest BCUT2D eigenvalue weighted by Gasteiger charge is 2.25. The Balaban J connectivity index is 0.954. The number of nitrogens with zero attached hydrogens (tertiary/aromatic N) is 7. The number of aromatic amines is 1. The number of esters is 1. The van der Waals surface area contributed by atoms with Crippen LogP contribution in [-0.2, 0) is 22.5 Å². The monoisotopic (exact) mass is 727 g/mol. The van der Waals surface area contributed by atoms with Crippen LogP contribution in [0.4, 0.5) is 15.9 Å². The molecule has 5 aromatic rings. The van der Waals surface area contributed by atoms with Gasteiger partial charge in [-0.1, -0.05) is 31.2 Å². The first-order valence-corrected chi connectivity index (χ1v) is 19.0. The van der Waals surface area contributed by atoms with Crippen LogP contribution in [0, 0.1) is 17.7 Å². The summed E-state index contributed by atoms with van der Waals surface area (Å²) in [5, 5.41) is 9.29. The van der Waals surface area contributed by atoms with Crippen molar-refractivity contribution in [2.75, 3.05) is 55.1 Å². The second-order valence-corrected chi connectivity index (χ2v) is 15.0. The second kappa shape index (κ2) is 15.9. The van der Waals surface area contributed by atoms with Crippen molar-refractivity contribution in [1.82, 2.24) is 29.9 Å². The maximum absolute atomic E-state index is 14.3. The standard InChI is InChI=1S/C38H45FN8O4S/c1-26(2)25-51-38(48)36-35(32-22-29(39)9-12-33(32)41-36)34-24-46(43-42-34)23-27-13-18-44(19-14-27)20-21-47(52(49)50)30-10-7-28(8-11-30)31-6-5-15-40-37(31)45-16-3-4-17-45/h5-12,15,22,24,26-27,41H,3-4,13-14,16-21,23,25H2,1-2H3,(H,49,50)/p-1. The molecular weight excluding hydrogens is 684 g/mol. The van der Waals surface area contributed by atoms with Crippen LogP contribution >= 0.6 is 0 Å². The van der Waals surface area contributed by atoms with Gasteiger partial charge in [0.25, 0.3) is 0 Å². The number of pyridine rings is 1. The summed E-state index contributed by atoms with van der Waals surface area (Å²) in [7, 11) is 0. The molecule has 5 heterocycles. The molecule has 0 aliphatic carbocycles. The highest BCUT2D eigenvalue weighted by molar-refractivity contribution is 7.80. The minimum absolute atomic E-state index is 0.167. The Morgan fingerprint density at radius 2 is 1.87 bits per heavy atom. The topological polar surface area (TPSA) is 136 Å². The number of ether oxygens (including phenoxy) is 1. The van der Waals surface area contributed by atoms with Gasteiger partial charge in [-0.3, -0.25) is 8.89 Å². The molecule has 14 heteroatoms. The number of anilines is 2. The lowest BCUT2D eigenvalue weighted by atomic mass is 9.97. The van der Waals surface area contributed by atoms with Gasteiger partial charge >= 0.3 is 5.97 Å². The van der Waals surface area contributed by atoms with Crippen molar-refractivity contribution in [3.8, 4) is 22.4 Å². The summed E-state index contributed by atoms with van der Waals surface area (Å²) in [6.07, 6.45) is 7.78. The highest BCUT2D eigenvalue weighted by Crippen LogP contribution is 2.34. The summed E-state index contributed by atoms with van der Waals surface area (Å²) >= 11 is -2.41. The Bertz CT molecular complexity index is 2020. The lowest BCUT2D eigenvalue weighted by Gasteiger charge is -2.34. The Kier molecular flexibility index (Phi) is 10.9. The van der Waals surface area contributed by atoms with Gasteiger partial charge in [0.15, 0.2) is 0 Å². The Morgan fingerprint density at radius 1 is 1.10 bits per heavy atom. The fraction of sp³-hybridized carbons (Fsp3) is 0.421. The molecule has 274 valence electrons. The Morgan fingerprint density at radius 3 is 2.60 bits per heavy atom. The molecule has 2 aliphatic rings. The van der Waals surface area contributed by atoms with Gasteiger partial charge in [-0.15, -0.1) is 5.10 Å². The van der Waals surface area contributed by atoms with Crippen molar-refractivity contribution in [2.45, 2.75) is 46.1 Å². The van der Waals surface area contributed by atoms with Crippen LogP contribution in [0.2, 0.25) is 0 Å². The predicted octanol–water partition coefficient (Wildman–Crippen LogP) is 6.05. The summed E-state index contributed by atoms with van der Waals surface area (Å²) in [5.41, 5.74) is 4.48. The molecule has 1 unspecified atom stereocenters. The number of nitrogens with one attached hydrogen (secondary N) is 1. The number of H-pyrrole nitrogens is 1. The van der Waals surface area contributed by atoms with Gasteiger partial charge in [-0.2, -0.15) is 0 Å². The molecule has 1 atom stereocenters. The summed E-state index contributed by atoms with van der Waals surface area (Å²) in [6, 6.07) is 16.0. The van der Waals surface area contributed by atoms with Crippen molar-refractivity contribution in [1.29, 1.82) is 0 Å². The molecule has 2 aliphatic heterocycles. The number of hydrogen-bond donors (Lipinski definition) is 1. The average molecular weight is 728 g/mol. The van der Waals surface area contributed by atoms with Crippen LogP contribution in [0.3, 0.4) is 0 Å². The molecule has 52 heavy (non-hydrogen) atoms. The van der Waals surface area contributed by atoms with E-state index in [0.29, 0.717) is 53.4 Å². The van der Waals surface area contributed by atoms with E-state index in [1.54, 1.807) is 16.9 Å². The summed E-state index contributed by atoms with van der Waals surface area (Å²) in [4.78, 5) is 25.4. The lowest BCUT2D eigenvalue weighted by molar-refractivity contribution is 0.0454. The zero-order valence-electron chi connectivity index (χ0n) is 29.5. The molecule has 0 bridgehead atoms. The molecule has 0 radical (unpaired) electrons. The third-order valence-corrected chi connectivity index (χ3v) is 10.7. The highest BCUT2D eigenvalue weighted by atomic mass is 32.2. The SMILES string of the molecule is CC(C)COC(=O)c1[nH]c2ccc(F)cc2c1-c1cn(CC2CCN(CCN(c3ccc(-c4cccnc4N4CCCC4)cc3)S(=O)[O-])CC2)nn1. The maximum Gasteiger partial charge on any atom is 0.355 e. The van der Waals surface area contributed by atoms with E-state index < -0.39 is 23.1 Å². The minimum atomic E-state index is -2.41. The first kappa shape index (κ1) is 35.7. The number of fused-ring (bicyclic) bond motifs is 1. The minimum Gasteiger partial charge on any atom is -0.755 e. The number of hydrogen-bond acceptors (Lipinski definition) is 9.